The van der Waals surface area contributed by atoms with Gasteiger partial charge in [0, 0.05) is 55.3 Å². The molecule has 1 atom stereocenters. The minimum atomic E-state index is -0.200. The number of fused-ring (bicyclic) bond motifs is 1. The summed E-state index contributed by atoms with van der Waals surface area (Å²) in [5, 5.41) is 11.4. The molecule has 10 nitrogen and oxygen atoms in total. The lowest BCUT2D eigenvalue weighted by molar-refractivity contribution is 0.197. The van der Waals surface area contributed by atoms with Crippen LogP contribution in [-0.4, -0.2) is 63.1 Å². The largest absolute Gasteiger partial charge is 0.366 e. The summed E-state index contributed by atoms with van der Waals surface area (Å²) in [6, 6.07) is 5.55. The van der Waals surface area contributed by atoms with Crippen molar-refractivity contribution in [1.29, 1.82) is 0 Å². The Morgan fingerprint density at radius 3 is 2.84 bits per heavy atom. The Morgan fingerprint density at radius 1 is 1.19 bits per heavy atom. The molecule has 3 aromatic heterocycles. The van der Waals surface area contributed by atoms with Crippen molar-refractivity contribution in [3.63, 3.8) is 0 Å². The van der Waals surface area contributed by atoms with Gasteiger partial charge < -0.3 is 19.6 Å². The molecule has 3 aromatic rings. The number of piperazine rings is 1. The van der Waals surface area contributed by atoms with Gasteiger partial charge in [-0.1, -0.05) is 5.16 Å². The molecule has 0 saturated carbocycles. The first kappa shape index (κ1) is 19.3. The number of aromatic nitrogens is 4. The number of pyridine rings is 1. The van der Waals surface area contributed by atoms with Crippen molar-refractivity contribution in [3.05, 3.63) is 58.0 Å². The zero-order valence-electron chi connectivity index (χ0n) is 17.4. The van der Waals surface area contributed by atoms with Gasteiger partial charge >= 0.3 is 6.03 Å². The van der Waals surface area contributed by atoms with Crippen molar-refractivity contribution < 1.29 is 9.32 Å². The third-order valence-corrected chi connectivity index (χ3v) is 5.93. The van der Waals surface area contributed by atoms with Gasteiger partial charge in [0.2, 0.25) is 0 Å². The predicted octanol–water partition coefficient (Wildman–Crippen LogP) is 1.17. The van der Waals surface area contributed by atoms with Crippen LogP contribution in [0.2, 0.25) is 0 Å². The summed E-state index contributed by atoms with van der Waals surface area (Å²) in [6.07, 6.45) is 3.45. The molecule has 5 rings (SSSR count). The molecule has 160 valence electrons. The third-order valence-electron chi connectivity index (χ3n) is 5.93. The Morgan fingerprint density at radius 2 is 2.06 bits per heavy atom. The third kappa shape index (κ3) is 3.54. The zero-order valence-corrected chi connectivity index (χ0v) is 17.4. The molecule has 2 aliphatic heterocycles. The molecule has 0 unspecified atom stereocenters. The maximum Gasteiger partial charge on any atom is 0.317 e. The minimum Gasteiger partial charge on any atom is -0.366 e. The molecular formula is C21H23N7O3. The molecule has 2 amide bonds. The minimum absolute atomic E-state index is 0.0122. The van der Waals surface area contributed by atoms with E-state index in [1.807, 2.05) is 30.9 Å². The van der Waals surface area contributed by atoms with E-state index in [0.717, 1.165) is 22.5 Å². The first-order valence-electron chi connectivity index (χ1n) is 10.2. The summed E-state index contributed by atoms with van der Waals surface area (Å²) < 4.78 is 6.80. The van der Waals surface area contributed by atoms with Crippen molar-refractivity contribution in [2.24, 2.45) is 0 Å². The monoisotopic (exact) mass is 421 g/mol. The Kier molecular flexibility index (Phi) is 4.68. The predicted molar refractivity (Wildman–Crippen MR) is 113 cm³/mol. The van der Waals surface area contributed by atoms with Crippen molar-refractivity contribution in [2.75, 3.05) is 31.1 Å². The van der Waals surface area contributed by atoms with Gasteiger partial charge in [-0.3, -0.25) is 9.78 Å². The second-order valence-electron chi connectivity index (χ2n) is 7.94. The standard InChI is InChI=1S/C21H23N7O3/c1-13-3-4-15(8-22-13)20-18(14(2)31-25-20)12-28-19(29)7-16(10-24-28)26-5-6-27-17(11-26)9-23-21(27)30/h3-4,7-8,10,17H,5-6,9,11-12H2,1-2H3,(H,23,30)/t17-/m0/s1. The van der Waals surface area contributed by atoms with Gasteiger partial charge in [-0.05, 0) is 26.0 Å². The Hall–Kier alpha value is -3.69. The number of anilines is 1. The fourth-order valence-corrected chi connectivity index (χ4v) is 4.12. The van der Waals surface area contributed by atoms with E-state index < -0.39 is 0 Å². The van der Waals surface area contributed by atoms with E-state index >= 15 is 0 Å². The normalized spacial score (nSPS) is 18.3. The van der Waals surface area contributed by atoms with Gasteiger partial charge in [0.05, 0.1) is 24.5 Å². The second-order valence-corrected chi connectivity index (χ2v) is 7.94. The fourth-order valence-electron chi connectivity index (χ4n) is 4.12. The molecule has 0 radical (unpaired) electrons. The van der Waals surface area contributed by atoms with Crippen molar-refractivity contribution in [2.45, 2.75) is 26.4 Å². The van der Waals surface area contributed by atoms with E-state index in [-0.39, 0.29) is 24.2 Å². The lowest BCUT2D eigenvalue weighted by Crippen LogP contribution is -2.52. The van der Waals surface area contributed by atoms with E-state index in [0.29, 0.717) is 37.6 Å². The number of aryl methyl sites for hydroxylation is 2. The van der Waals surface area contributed by atoms with Crippen LogP contribution in [0.4, 0.5) is 10.5 Å². The SMILES string of the molecule is Cc1ccc(-c2noc(C)c2Cn2ncc(N3CCN4C(=O)NC[C@H]4C3)cc2=O)cn1. The number of carbonyl (C=O) groups is 1. The van der Waals surface area contributed by atoms with E-state index in [9.17, 15) is 9.59 Å². The van der Waals surface area contributed by atoms with Gasteiger partial charge in [0.1, 0.15) is 11.5 Å². The molecule has 0 spiro atoms. The summed E-state index contributed by atoms with van der Waals surface area (Å²) in [6.45, 7) is 6.61. The Bertz CT molecular complexity index is 1180. The summed E-state index contributed by atoms with van der Waals surface area (Å²) in [5.74, 6) is 0.642. The molecule has 31 heavy (non-hydrogen) atoms. The highest BCUT2D eigenvalue weighted by Crippen LogP contribution is 2.25. The molecule has 10 heteroatoms. The van der Waals surface area contributed by atoms with Crippen molar-refractivity contribution in [3.8, 4) is 11.3 Å². The molecule has 0 aromatic carbocycles. The Labute approximate surface area is 178 Å². The van der Waals surface area contributed by atoms with Crippen molar-refractivity contribution in [1.82, 2.24) is 30.1 Å². The quantitative estimate of drug-likeness (QED) is 0.673. The van der Waals surface area contributed by atoms with Gasteiger partial charge in [0.15, 0.2) is 0 Å². The maximum atomic E-state index is 12.8. The molecule has 0 aliphatic carbocycles. The number of carbonyl (C=O) groups excluding carboxylic acids is 1. The fraction of sp³-hybridized carbons (Fsp3) is 0.381. The van der Waals surface area contributed by atoms with E-state index in [1.165, 1.54) is 4.68 Å². The van der Waals surface area contributed by atoms with E-state index in [2.05, 4.69) is 25.5 Å². The van der Waals surface area contributed by atoms with Crippen LogP contribution in [0.5, 0.6) is 0 Å². The highest BCUT2D eigenvalue weighted by atomic mass is 16.5. The van der Waals surface area contributed by atoms with Crippen LogP contribution in [0, 0.1) is 13.8 Å². The van der Waals surface area contributed by atoms with Crippen molar-refractivity contribution >= 4 is 11.7 Å². The molecular weight excluding hydrogens is 398 g/mol. The van der Waals surface area contributed by atoms with Gasteiger partial charge in [-0.2, -0.15) is 5.10 Å². The lowest BCUT2D eigenvalue weighted by Gasteiger charge is -2.37. The van der Waals surface area contributed by atoms with Crippen LogP contribution in [0.3, 0.4) is 0 Å². The number of rotatable bonds is 4. The Balaban J connectivity index is 1.37. The van der Waals surface area contributed by atoms with Gasteiger partial charge in [-0.25, -0.2) is 9.48 Å². The average Bonchev–Trinajstić information content (AvgIpc) is 3.32. The maximum absolute atomic E-state index is 12.8. The van der Waals surface area contributed by atoms with Crippen LogP contribution in [0.25, 0.3) is 11.3 Å². The summed E-state index contributed by atoms with van der Waals surface area (Å²) in [4.78, 5) is 32.9. The summed E-state index contributed by atoms with van der Waals surface area (Å²) in [7, 11) is 0. The lowest BCUT2D eigenvalue weighted by atomic mass is 10.1. The summed E-state index contributed by atoms with van der Waals surface area (Å²) >= 11 is 0. The van der Waals surface area contributed by atoms with Crippen LogP contribution < -0.4 is 15.8 Å². The first-order valence-corrected chi connectivity index (χ1v) is 10.2. The molecule has 5 heterocycles. The van der Waals surface area contributed by atoms with Crippen LogP contribution in [0.15, 0.2) is 39.9 Å². The topological polar surface area (TPSA) is 109 Å². The van der Waals surface area contributed by atoms with Crippen LogP contribution >= 0.6 is 0 Å². The number of amides is 2. The van der Waals surface area contributed by atoms with Gasteiger partial charge in [-0.15, -0.1) is 0 Å². The van der Waals surface area contributed by atoms with Crippen LogP contribution in [-0.2, 0) is 6.54 Å². The molecule has 1 N–H and O–H groups in total. The van der Waals surface area contributed by atoms with Gasteiger partial charge in [0.25, 0.3) is 5.56 Å². The molecule has 0 bridgehead atoms. The highest BCUT2D eigenvalue weighted by molar-refractivity contribution is 5.77. The number of urea groups is 1. The number of nitrogens with one attached hydrogen (secondary N) is 1. The summed E-state index contributed by atoms with van der Waals surface area (Å²) in [5.41, 5.74) is 3.78. The first-order chi connectivity index (χ1) is 15.0. The number of nitrogens with zero attached hydrogens (tertiary/aromatic N) is 6. The molecule has 2 aliphatic rings. The zero-order chi connectivity index (χ0) is 21.5. The number of hydrogen-bond acceptors (Lipinski definition) is 7. The average molecular weight is 421 g/mol. The highest BCUT2D eigenvalue weighted by Gasteiger charge is 2.35. The number of hydrogen-bond donors (Lipinski definition) is 1. The second kappa shape index (κ2) is 7.53. The molecule has 2 fully saturated rings. The molecule has 2 saturated heterocycles. The van der Waals surface area contributed by atoms with Crippen LogP contribution in [0.1, 0.15) is 17.0 Å². The smallest absolute Gasteiger partial charge is 0.317 e. The van der Waals surface area contributed by atoms with E-state index in [1.54, 1.807) is 18.5 Å². The van der Waals surface area contributed by atoms with E-state index in [4.69, 9.17) is 4.52 Å².